The van der Waals surface area contributed by atoms with E-state index in [0.29, 0.717) is 0 Å². The second kappa shape index (κ2) is 5.76. The highest BCUT2D eigenvalue weighted by atomic mass is 35.5. The Hall–Kier alpha value is 0.340. The third-order valence-electron chi connectivity index (χ3n) is 4.67. The average Bonchev–Trinajstić information content (AvgIpc) is 2.69. The first kappa shape index (κ1) is 13.3. The number of hydrogen-bond acceptors (Lipinski definition) is 2. The maximum Gasteiger partial charge on any atom is 0.0786 e. The summed E-state index contributed by atoms with van der Waals surface area (Å²) in [4.78, 5) is 0. The Morgan fingerprint density at radius 1 is 1.33 bits per heavy atom. The standard InChI is InChI=1S/C15H23ClOS/c16-14-4-2-1-3-12(9-14)13-5-7-17-15(10-13)6-8-18-11-15/h9,13-14H,1-8,10-11H2. The van der Waals surface area contributed by atoms with Crippen molar-refractivity contribution >= 4 is 23.4 Å². The van der Waals surface area contributed by atoms with Crippen LogP contribution in [-0.4, -0.2) is 29.1 Å². The third-order valence-corrected chi connectivity index (χ3v) is 6.24. The molecular formula is C15H23ClOS. The summed E-state index contributed by atoms with van der Waals surface area (Å²) in [6.07, 6.45) is 11.1. The SMILES string of the molecule is ClC1C=C(C2CCOC3(CCSC3)C2)CCCC1. The van der Waals surface area contributed by atoms with E-state index in [1.54, 1.807) is 5.57 Å². The molecular weight excluding hydrogens is 264 g/mol. The van der Waals surface area contributed by atoms with E-state index in [-0.39, 0.29) is 11.0 Å². The van der Waals surface area contributed by atoms with Gasteiger partial charge < -0.3 is 4.74 Å². The van der Waals surface area contributed by atoms with Gasteiger partial charge in [0.2, 0.25) is 0 Å². The number of allylic oxidation sites excluding steroid dienone is 2. The van der Waals surface area contributed by atoms with Gasteiger partial charge in [-0.2, -0.15) is 11.8 Å². The van der Waals surface area contributed by atoms with Gasteiger partial charge in [0, 0.05) is 12.4 Å². The van der Waals surface area contributed by atoms with Crippen molar-refractivity contribution in [3.05, 3.63) is 11.6 Å². The Kier molecular flexibility index (Phi) is 4.27. The van der Waals surface area contributed by atoms with Gasteiger partial charge in [0.15, 0.2) is 0 Å². The highest BCUT2D eigenvalue weighted by Gasteiger charge is 2.41. The molecule has 0 saturated carbocycles. The number of halogens is 1. The van der Waals surface area contributed by atoms with Crippen LogP contribution in [-0.2, 0) is 4.74 Å². The van der Waals surface area contributed by atoms with E-state index in [4.69, 9.17) is 16.3 Å². The van der Waals surface area contributed by atoms with Gasteiger partial charge in [-0.1, -0.05) is 18.1 Å². The molecule has 0 amide bonds. The molecule has 3 heteroatoms. The van der Waals surface area contributed by atoms with Crippen LogP contribution >= 0.6 is 23.4 Å². The van der Waals surface area contributed by atoms with Crippen molar-refractivity contribution in [3.63, 3.8) is 0 Å². The van der Waals surface area contributed by atoms with Crippen LogP contribution in [0.25, 0.3) is 0 Å². The minimum Gasteiger partial charge on any atom is -0.374 e. The fourth-order valence-electron chi connectivity index (χ4n) is 3.62. The first-order chi connectivity index (χ1) is 8.77. The normalized spacial score (nSPS) is 41.7. The van der Waals surface area contributed by atoms with Crippen LogP contribution in [0.3, 0.4) is 0 Å². The zero-order valence-corrected chi connectivity index (χ0v) is 12.6. The Morgan fingerprint density at radius 2 is 2.28 bits per heavy atom. The minimum atomic E-state index is 0.211. The van der Waals surface area contributed by atoms with Crippen molar-refractivity contribution in [3.8, 4) is 0 Å². The molecule has 2 heterocycles. The second-order valence-corrected chi connectivity index (χ2v) is 7.69. The van der Waals surface area contributed by atoms with Gasteiger partial charge in [-0.3, -0.25) is 0 Å². The van der Waals surface area contributed by atoms with Crippen molar-refractivity contribution in [2.45, 2.75) is 55.9 Å². The van der Waals surface area contributed by atoms with Crippen molar-refractivity contribution < 1.29 is 4.74 Å². The monoisotopic (exact) mass is 286 g/mol. The highest BCUT2D eigenvalue weighted by Crippen LogP contribution is 2.43. The number of rotatable bonds is 1. The lowest BCUT2D eigenvalue weighted by molar-refractivity contribution is -0.0738. The molecule has 2 saturated heterocycles. The van der Waals surface area contributed by atoms with E-state index in [2.05, 4.69) is 17.8 Å². The summed E-state index contributed by atoms with van der Waals surface area (Å²) < 4.78 is 6.12. The Balaban J connectivity index is 1.71. The minimum absolute atomic E-state index is 0.211. The first-order valence-electron chi connectivity index (χ1n) is 7.34. The largest absolute Gasteiger partial charge is 0.374 e. The summed E-state index contributed by atoms with van der Waals surface area (Å²) in [5, 5.41) is 0.277. The van der Waals surface area contributed by atoms with Crippen LogP contribution in [0.1, 0.15) is 44.9 Å². The van der Waals surface area contributed by atoms with E-state index in [0.717, 1.165) is 18.9 Å². The third kappa shape index (κ3) is 2.91. The summed E-state index contributed by atoms with van der Waals surface area (Å²) in [6.45, 7) is 0.954. The quantitative estimate of drug-likeness (QED) is 0.522. The molecule has 0 radical (unpaired) electrons. The lowest BCUT2D eigenvalue weighted by atomic mass is 9.80. The van der Waals surface area contributed by atoms with Crippen LogP contribution in [0.5, 0.6) is 0 Å². The number of hydrogen-bond donors (Lipinski definition) is 0. The molecule has 102 valence electrons. The topological polar surface area (TPSA) is 9.23 Å². The first-order valence-corrected chi connectivity index (χ1v) is 8.93. The van der Waals surface area contributed by atoms with Crippen LogP contribution in [0.15, 0.2) is 11.6 Å². The van der Waals surface area contributed by atoms with E-state index in [1.165, 1.54) is 50.0 Å². The number of ether oxygens (including phenoxy) is 1. The number of thioether (sulfide) groups is 1. The fraction of sp³-hybridized carbons (Fsp3) is 0.867. The Labute approximate surface area is 120 Å². The molecule has 3 rings (SSSR count). The van der Waals surface area contributed by atoms with E-state index < -0.39 is 0 Å². The lowest BCUT2D eigenvalue weighted by Crippen LogP contribution is -2.40. The Bertz CT molecular complexity index is 322. The molecule has 18 heavy (non-hydrogen) atoms. The maximum atomic E-state index is 6.37. The molecule has 2 fully saturated rings. The van der Waals surface area contributed by atoms with E-state index in [9.17, 15) is 0 Å². The van der Waals surface area contributed by atoms with Crippen LogP contribution in [0, 0.1) is 5.92 Å². The van der Waals surface area contributed by atoms with Gasteiger partial charge in [0.1, 0.15) is 0 Å². The van der Waals surface area contributed by atoms with Gasteiger partial charge in [0.05, 0.1) is 11.0 Å². The molecule has 3 aliphatic rings. The summed E-state index contributed by atoms with van der Waals surface area (Å²) in [5.41, 5.74) is 1.86. The van der Waals surface area contributed by atoms with Crippen LogP contribution in [0.4, 0.5) is 0 Å². The highest BCUT2D eigenvalue weighted by molar-refractivity contribution is 7.99. The van der Waals surface area contributed by atoms with E-state index >= 15 is 0 Å². The molecule has 0 N–H and O–H groups in total. The van der Waals surface area contributed by atoms with Crippen molar-refractivity contribution in [1.29, 1.82) is 0 Å². The second-order valence-electron chi connectivity index (χ2n) is 6.03. The molecule has 0 aromatic carbocycles. The van der Waals surface area contributed by atoms with Gasteiger partial charge in [-0.05, 0) is 50.2 Å². The van der Waals surface area contributed by atoms with Crippen LogP contribution < -0.4 is 0 Å². The van der Waals surface area contributed by atoms with Crippen molar-refractivity contribution in [1.82, 2.24) is 0 Å². The molecule has 1 nitrogen and oxygen atoms in total. The predicted molar refractivity (Wildman–Crippen MR) is 79.5 cm³/mol. The van der Waals surface area contributed by atoms with Gasteiger partial charge in [0.25, 0.3) is 0 Å². The molecule has 3 atom stereocenters. The zero-order chi connectivity index (χ0) is 12.4. The summed E-state index contributed by atoms with van der Waals surface area (Å²) in [6, 6.07) is 0. The molecule has 0 aromatic heterocycles. The maximum absolute atomic E-state index is 6.37. The van der Waals surface area contributed by atoms with Gasteiger partial charge in [-0.25, -0.2) is 0 Å². The van der Waals surface area contributed by atoms with E-state index in [1.807, 2.05) is 0 Å². The fourth-order valence-corrected chi connectivity index (χ4v) is 5.31. The zero-order valence-electron chi connectivity index (χ0n) is 11.0. The molecule has 3 unspecified atom stereocenters. The average molecular weight is 287 g/mol. The molecule has 1 spiro atoms. The smallest absolute Gasteiger partial charge is 0.0786 e. The summed E-state index contributed by atoms with van der Waals surface area (Å²) >= 11 is 8.44. The van der Waals surface area contributed by atoms with Crippen molar-refractivity contribution in [2.24, 2.45) is 5.92 Å². The summed E-state index contributed by atoms with van der Waals surface area (Å²) in [7, 11) is 0. The molecule has 0 aromatic rings. The molecule has 1 aliphatic carbocycles. The van der Waals surface area contributed by atoms with Crippen molar-refractivity contribution in [2.75, 3.05) is 18.1 Å². The predicted octanol–water partition coefficient (Wildman–Crippen LogP) is 4.40. The van der Waals surface area contributed by atoms with Gasteiger partial charge in [-0.15, -0.1) is 11.6 Å². The Morgan fingerprint density at radius 3 is 3.11 bits per heavy atom. The lowest BCUT2D eigenvalue weighted by Gasteiger charge is -2.39. The number of alkyl halides is 1. The summed E-state index contributed by atoms with van der Waals surface area (Å²) in [5.74, 6) is 3.24. The molecule has 0 bridgehead atoms. The van der Waals surface area contributed by atoms with Crippen LogP contribution in [0.2, 0.25) is 0 Å². The van der Waals surface area contributed by atoms with Gasteiger partial charge >= 0.3 is 0 Å². The molecule has 2 aliphatic heterocycles.